The van der Waals surface area contributed by atoms with Gasteiger partial charge >= 0.3 is 0 Å². The number of aromatic nitrogens is 2. The molecule has 0 fully saturated rings. The molecule has 0 unspecified atom stereocenters. The smallest absolute Gasteiger partial charge is 0.251 e. The number of nitrogens with one attached hydrogen (secondary N) is 1. The Hall–Kier alpha value is -2.76. The minimum atomic E-state index is -0.155. The number of hydrogen-bond acceptors (Lipinski definition) is 4. The van der Waals surface area contributed by atoms with Crippen molar-refractivity contribution in [1.29, 1.82) is 0 Å². The quantitative estimate of drug-likeness (QED) is 0.712. The summed E-state index contributed by atoms with van der Waals surface area (Å²) in [5, 5.41) is 8.36. The van der Waals surface area contributed by atoms with E-state index in [9.17, 15) is 4.79 Å². The van der Waals surface area contributed by atoms with Crippen LogP contribution in [-0.4, -0.2) is 22.8 Å². The molecule has 0 aliphatic heterocycles. The summed E-state index contributed by atoms with van der Waals surface area (Å²) >= 11 is 0. The van der Waals surface area contributed by atoms with Crippen molar-refractivity contribution in [2.24, 2.45) is 0 Å². The first-order valence-corrected chi connectivity index (χ1v) is 8.50. The molecular formula is C19H23N3O3. The van der Waals surface area contributed by atoms with Crippen LogP contribution in [0.1, 0.15) is 41.6 Å². The summed E-state index contributed by atoms with van der Waals surface area (Å²) in [5.41, 5.74) is 1.33. The Morgan fingerprint density at radius 1 is 1.32 bits per heavy atom. The highest BCUT2D eigenvalue weighted by atomic mass is 16.5. The fourth-order valence-electron chi connectivity index (χ4n) is 2.78. The van der Waals surface area contributed by atoms with Crippen LogP contribution in [0.25, 0.3) is 10.9 Å². The topological polar surface area (TPSA) is 69.3 Å². The van der Waals surface area contributed by atoms with Crippen LogP contribution in [0.5, 0.6) is 5.88 Å². The summed E-state index contributed by atoms with van der Waals surface area (Å²) < 4.78 is 12.8. The molecule has 0 saturated heterocycles. The highest BCUT2D eigenvalue weighted by Gasteiger charge is 2.14. The van der Waals surface area contributed by atoms with Crippen molar-refractivity contribution < 1.29 is 13.9 Å². The molecule has 6 nitrogen and oxygen atoms in total. The number of amides is 1. The van der Waals surface area contributed by atoms with E-state index in [4.69, 9.17) is 9.15 Å². The van der Waals surface area contributed by atoms with E-state index in [2.05, 4.69) is 17.3 Å². The van der Waals surface area contributed by atoms with E-state index in [1.165, 1.54) is 0 Å². The lowest BCUT2D eigenvalue weighted by molar-refractivity contribution is 0.0948. The molecule has 0 bridgehead atoms. The summed E-state index contributed by atoms with van der Waals surface area (Å²) in [5.74, 6) is 2.15. The lowest BCUT2D eigenvalue weighted by atomic mass is 10.1. The third-order valence-corrected chi connectivity index (χ3v) is 4.09. The van der Waals surface area contributed by atoms with Gasteiger partial charge in [0.05, 0.1) is 24.6 Å². The number of benzene rings is 1. The van der Waals surface area contributed by atoms with E-state index in [1.807, 2.05) is 29.8 Å². The molecule has 1 N–H and O–H groups in total. The molecule has 1 amide bonds. The van der Waals surface area contributed by atoms with E-state index >= 15 is 0 Å². The number of furan rings is 1. The van der Waals surface area contributed by atoms with Crippen LogP contribution in [0, 0.1) is 6.92 Å². The molecule has 25 heavy (non-hydrogen) atoms. The molecule has 0 atom stereocenters. The molecule has 6 heteroatoms. The normalized spacial score (nSPS) is 11.0. The van der Waals surface area contributed by atoms with Crippen molar-refractivity contribution in [1.82, 2.24) is 15.1 Å². The lowest BCUT2D eigenvalue weighted by Gasteiger charge is -2.05. The average Bonchev–Trinajstić information content (AvgIpc) is 3.19. The number of aryl methyl sites for hydroxylation is 2. The van der Waals surface area contributed by atoms with Crippen molar-refractivity contribution in [3.05, 3.63) is 47.4 Å². The van der Waals surface area contributed by atoms with Crippen LogP contribution in [0.2, 0.25) is 0 Å². The van der Waals surface area contributed by atoms with Crippen LogP contribution in [0.3, 0.4) is 0 Å². The highest BCUT2D eigenvalue weighted by molar-refractivity contribution is 5.98. The summed E-state index contributed by atoms with van der Waals surface area (Å²) in [6, 6.07) is 9.21. The van der Waals surface area contributed by atoms with Crippen LogP contribution in [0.15, 0.2) is 34.7 Å². The van der Waals surface area contributed by atoms with Gasteiger partial charge in [-0.2, -0.15) is 5.10 Å². The zero-order valence-corrected chi connectivity index (χ0v) is 14.8. The monoisotopic (exact) mass is 341 g/mol. The standard InChI is InChI=1S/C19H23N3O3/c1-4-5-10-22-19(24-3)16-9-7-14(11-17(16)21-22)18(23)20-12-15-8-6-13(2)25-15/h6-9,11H,4-5,10,12H2,1-3H3,(H,20,23). The Morgan fingerprint density at radius 2 is 2.16 bits per heavy atom. The Balaban J connectivity index is 1.78. The van der Waals surface area contributed by atoms with Gasteiger partial charge in [-0.15, -0.1) is 0 Å². The zero-order valence-electron chi connectivity index (χ0n) is 14.8. The number of ether oxygens (including phenoxy) is 1. The molecule has 3 rings (SSSR count). The Kier molecular flexibility index (Phi) is 5.07. The molecule has 0 radical (unpaired) electrons. The van der Waals surface area contributed by atoms with Gasteiger partial charge in [0.15, 0.2) is 0 Å². The van der Waals surface area contributed by atoms with Crippen LogP contribution in [0.4, 0.5) is 0 Å². The molecule has 2 heterocycles. The van der Waals surface area contributed by atoms with Gasteiger partial charge in [-0.1, -0.05) is 13.3 Å². The third-order valence-electron chi connectivity index (χ3n) is 4.09. The zero-order chi connectivity index (χ0) is 17.8. The van der Waals surface area contributed by atoms with Gasteiger partial charge in [0, 0.05) is 12.1 Å². The number of carbonyl (C=O) groups excluding carboxylic acids is 1. The van der Waals surface area contributed by atoms with Crippen molar-refractivity contribution >= 4 is 16.8 Å². The predicted molar refractivity (Wildman–Crippen MR) is 95.8 cm³/mol. The number of unbranched alkanes of at least 4 members (excludes halogenated alkanes) is 1. The number of carbonyl (C=O) groups is 1. The van der Waals surface area contributed by atoms with Gasteiger partial charge in [-0.3, -0.25) is 4.79 Å². The molecule has 132 valence electrons. The number of nitrogens with zero attached hydrogens (tertiary/aromatic N) is 2. The van der Waals surface area contributed by atoms with Crippen LogP contribution < -0.4 is 10.1 Å². The summed E-state index contributed by atoms with van der Waals surface area (Å²) in [7, 11) is 1.64. The first kappa shape index (κ1) is 17.1. The molecule has 2 aromatic heterocycles. The number of fused-ring (bicyclic) bond motifs is 1. The molecule has 0 aliphatic rings. The number of methoxy groups -OCH3 is 1. The molecule has 0 saturated carbocycles. The Bertz CT molecular complexity index is 879. The maximum absolute atomic E-state index is 12.4. The second kappa shape index (κ2) is 7.42. The first-order chi connectivity index (χ1) is 12.1. The van der Waals surface area contributed by atoms with Gasteiger partial charge in [0.1, 0.15) is 11.5 Å². The highest BCUT2D eigenvalue weighted by Crippen LogP contribution is 2.26. The fourth-order valence-corrected chi connectivity index (χ4v) is 2.78. The van der Waals surface area contributed by atoms with Crippen molar-refractivity contribution in [2.75, 3.05) is 7.11 Å². The fraction of sp³-hybridized carbons (Fsp3) is 0.368. The SMILES string of the molecule is CCCCn1nc2cc(C(=O)NCc3ccc(C)o3)ccc2c1OC. The Morgan fingerprint density at radius 3 is 2.84 bits per heavy atom. The molecule has 1 aromatic carbocycles. The van der Waals surface area contributed by atoms with E-state index in [0.29, 0.717) is 12.1 Å². The van der Waals surface area contributed by atoms with Gasteiger partial charge in [0.25, 0.3) is 5.91 Å². The predicted octanol–water partition coefficient (Wildman–Crippen LogP) is 3.68. The van der Waals surface area contributed by atoms with Gasteiger partial charge < -0.3 is 14.5 Å². The van der Waals surface area contributed by atoms with Gasteiger partial charge in [0.2, 0.25) is 5.88 Å². The molecular weight excluding hydrogens is 318 g/mol. The average molecular weight is 341 g/mol. The minimum Gasteiger partial charge on any atom is -0.481 e. The molecule has 0 spiro atoms. The third kappa shape index (κ3) is 3.68. The van der Waals surface area contributed by atoms with Gasteiger partial charge in [-0.25, -0.2) is 4.68 Å². The van der Waals surface area contributed by atoms with Crippen LogP contribution in [-0.2, 0) is 13.1 Å². The summed E-state index contributed by atoms with van der Waals surface area (Å²) in [6.45, 7) is 5.17. The van der Waals surface area contributed by atoms with Crippen molar-refractivity contribution in [3.8, 4) is 5.88 Å². The summed E-state index contributed by atoms with van der Waals surface area (Å²) in [4.78, 5) is 12.4. The number of rotatable bonds is 7. The Labute approximate surface area is 146 Å². The van der Waals surface area contributed by atoms with Gasteiger partial charge in [-0.05, 0) is 43.7 Å². The van der Waals surface area contributed by atoms with Crippen molar-refractivity contribution in [3.63, 3.8) is 0 Å². The molecule has 0 aliphatic carbocycles. The van der Waals surface area contributed by atoms with E-state index in [-0.39, 0.29) is 5.91 Å². The van der Waals surface area contributed by atoms with E-state index in [1.54, 1.807) is 19.2 Å². The second-order valence-corrected chi connectivity index (χ2v) is 6.01. The summed E-state index contributed by atoms with van der Waals surface area (Å²) in [6.07, 6.45) is 2.11. The second-order valence-electron chi connectivity index (χ2n) is 6.01. The lowest BCUT2D eigenvalue weighted by Crippen LogP contribution is -2.22. The molecule has 3 aromatic rings. The maximum atomic E-state index is 12.4. The van der Waals surface area contributed by atoms with Crippen molar-refractivity contribution in [2.45, 2.75) is 39.8 Å². The van der Waals surface area contributed by atoms with E-state index in [0.717, 1.165) is 47.7 Å². The largest absolute Gasteiger partial charge is 0.481 e. The first-order valence-electron chi connectivity index (χ1n) is 8.50. The minimum absolute atomic E-state index is 0.155. The van der Waals surface area contributed by atoms with E-state index < -0.39 is 0 Å². The maximum Gasteiger partial charge on any atom is 0.251 e. The van der Waals surface area contributed by atoms with Crippen LogP contribution >= 0.6 is 0 Å². The number of hydrogen-bond donors (Lipinski definition) is 1.